The number of anilines is 1. The lowest BCUT2D eigenvalue weighted by Crippen LogP contribution is -2.15. The maximum absolute atomic E-state index is 14.4. The Morgan fingerprint density at radius 1 is 1.18 bits per heavy atom. The molecule has 2 aromatic carbocycles. The second-order valence-electron chi connectivity index (χ2n) is 5.55. The molecule has 0 aliphatic rings. The van der Waals surface area contributed by atoms with Crippen molar-refractivity contribution in [3.05, 3.63) is 69.9 Å². The van der Waals surface area contributed by atoms with E-state index in [0.29, 0.717) is 0 Å². The third-order valence-corrected chi connectivity index (χ3v) is 6.11. The van der Waals surface area contributed by atoms with Crippen molar-refractivity contribution < 1.29 is 26.3 Å². The molecule has 0 bridgehead atoms. The Labute approximate surface area is 167 Å². The van der Waals surface area contributed by atoms with E-state index in [4.69, 9.17) is 16.3 Å². The molecule has 5 nitrogen and oxygen atoms in total. The summed E-state index contributed by atoms with van der Waals surface area (Å²) in [6, 6.07) is 4.91. The molecule has 0 spiro atoms. The number of rotatable bonds is 6. The number of halogens is 4. The van der Waals surface area contributed by atoms with Gasteiger partial charge in [0.25, 0.3) is 10.0 Å². The quantitative estimate of drug-likeness (QED) is 0.566. The van der Waals surface area contributed by atoms with Crippen LogP contribution in [0.25, 0.3) is 0 Å². The molecule has 11 heteroatoms. The molecule has 0 saturated carbocycles. The Morgan fingerprint density at radius 2 is 1.86 bits per heavy atom. The van der Waals surface area contributed by atoms with Gasteiger partial charge in [0.15, 0.2) is 5.13 Å². The fourth-order valence-corrected chi connectivity index (χ4v) is 4.55. The second kappa shape index (κ2) is 7.98. The van der Waals surface area contributed by atoms with Crippen LogP contribution in [0.3, 0.4) is 0 Å². The van der Waals surface area contributed by atoms with Crippen molar-refractivity contribution in [3.63, 3.8) is 0 Å². The summed E-state index contributed by atoms with van der Waals surface area (Å²) in [5.74, 6) is -3.08. The first-order valence-corrected chi connectivity index (χ1v) is 10.4. The van der Waals surface area contributed by atoms with Crippen LogP contribution in [0.5, 0.6) is 5.75 Å². The number of sulfonamides is 1. The molecular weight excluding hydrogens is 437 g/mol. The Balaban J connectivity index is 1.90. The summed E-state index contributed by atoms with van der Waals surface area (Å²) < 4.78 is 74.3. The fraction of sp³-hybridized carbons (Fsp3) is 0.118. The van der Waals surface area contributed by atoms with Crippen LogP contribution in [0.4, 0.5) is 18.3 Å². The van der Waals surface area contributed by atoms with Crippen LogP contribution < -0.4 is 9.46 Å². The van der Waals surface area contributed by atoms with Crippen molar-refractivity contribution in [2.45, 2.75) is 17.9 Å². The van der Waals surface area contributed by atoms with Gasteiger partial charge in [-0.2, -0.15) is 0 Å². The molecule has 148 valence electrons. The van der Waals surface area contributed by atoms with Gasteiger partial charge in [-0.15, -0.1) is 11.3 Å². The first-order valence-electron chi connectivity index (χ1n) is 7.71. The van der Waals surface area contributed by atoms with Crippen molar-refractivity contribution >= 4 is 38.1 Å². The van der Waals surface area contributed by atoms with Crippen LogP contribution in [0.2, 0.25) is 5.02 Å². The minimum absolute atomic E-state index is 0.0551. The predicted molar refractivity (Wildman–Crippen MR) is 99.7 cm³/mol. The van der Waals surface area contributed by atoms with Gasteiger partial charge in [-0.3, -0.25) is 4.72 Å². The molecule has 1 aromatic heterocycles. The van der Waals surface area contributed by atoms with E-state index in [9.17, 15) is 21.6 Å². The summed E-state index contributed by atoms with van der Waals surface area (Å²) in [6.07, 6.45) is 0.237. The van der Waals surface area contributed by atoms with Crippen molar-refractivity contribution in [1.29, 1.82) is 0 Å². The van der Waals surface area contributed by atoms with Gasteiger partial charge in [0.1, 0.15) is 34.2 Å². The van der Waals surface area contributed by atoms with Gasteiger partial charge in [-0.05, 0) is 25.1 Å². The topological polar surface area (TPSA) is 68.3 Å². The van der Waals surface area contributed by atoms with Crippen LogP contribution >= 0.6 is 22.9 Å². The summed E-state index contributed by atoms with van der Waals surface area (Å²) in [5, 5.41) is 1.35. The lowest BCUT2D eigenvalue weighted by atomic mass is 10.1. The lowest BCUT2D eigenvalue weighted by molar-refractivity contribution is 0.214. The maximum Gasteiger partial charge on any atom is 0.266 e. The molecule has 0 aliphatic carbocycles. The molecule has 1 heterocycles. The summed E-state index contributed by atoms with van der Waals surface area (Å²) in [7, 11) is -4.28. The lowest BCUT2D eigenvalue weighted by Gasteiger charge is -2.18. The maximum atomic E-state index is 14.4. The Bertz CT molecular complexity index is 1090. The minimum atomic E-state index is -4.28. The summed E-state index contributed by atoms with van der Waals surface area (Å²) in [4.78, 5) is 3.05. The van der Waals surface area contributed by atoms with E-state index in [1.807, 2.05) is 0 Å². The molecule has 0 amide bonds. The number of thiazole rings is 1. The smallest absolute Gasteiger partial charge is 0.266 e. The molecule has 1 atom stereocenters. The van der Waals surface area contributed by atoms with Gasteiger partial charge in [-0.25, -0.2) is 26.6 Å². The fourth-order valence-electron chi connectivity index (χ4n) is 2.40. The zero-order chi connectivity index (χ0) is 20.5. The molecule has 3 rings (SSSR count). The predicted octanol–water partition coefficient (Wildman–Crippen LogP) is 5.15. The highest BCUT2D eigenvalue weighted by Crippen LogP contribution is 2.34. The van der Waals surface area contributed by atoms with E-state index in [-0.39, 0.29) is 21.5 Å². The number of ether oxygens (including phenoxy) is 1. The normalized spacial score (nSPS) is 12.6. The second-order valence-corrected chi connectivity index (χ2v) is 8.50. The molecule has 0 fully saturated rings. The van der Waals surface area contributed by atoms with E-state index in [1.165, 1.54) is 19.2 Å². The standard InChI is InChI=1S/C17H12ClF3N2O3S2/c1-9(16-11(19)3-2-4-12(16)20)26-14-8-13(21)15(7-10(14)18)28(24,25)23-17-22-5-6-27-17/h2-9H,1H3,(H,22,23)/t9-/m0/s1. The van der Waals surface area contributed by atoms with E-state index < -0.39 is 38.5 Å². The molecule has 0 unspecified atom stereocenters. The Hall–Kier alpha value is -2.30. The van der Waals surface area contributed by atoms with Crippen molar-refractivity contribution in [1.82, 2.24) is 4.98 Å². The molecule has 28 heavy (non-hydrogen) atoms. The average molecular weight is 449 g/mol. The third-order valence-electron chi connectivity index (χ3n) is 3.64. The Morgan fingerprint density at radius 3 is 2.46 bits per heavy atom. The molecule has 1 N–H and O–H groups in total. The van der Waals surface area contributed by atoms with Crippen LogP contribution in [-0.2, 0) is 10.0 Å². The van der Waals surface area contributed by atoms with E-state index in [1.54, 1.807) is 5.38 Å². The number of benzene rings is 2. The van der Waals surface area contributed by atoms with E-state index >= 15 is 0 Å². The highest BCUT2D eigenvalue weighted by Gasteiger charge is 2.25. The molecule has 3 aromatic rings. The SMILES string of the molecule is C[C@H](Oc1cc(F)c(S(=O)(=O)Nc2nccs2)cc1Cl)c1c(F)cccc1F. The molecule has 0 saturated heterocycles. The van der Waals surface area contributed by atoms with Crippen molar-refractivity contribution in [2.75, 3.05) is 4.72 Å². The number of hydrogen-bond acceptors (Lipinski definition) is 5. The Kier molecular flexibility index (Phi) is 5.82. The third kappa shape index (κ3) is 4.23. The summed E-state index contributed by atoms with van der Waals surface area (Å²) >= 11 is 7.03. The van der Waals surface area contributed by atoms with Gasteiger partial charge in [0, 0.05) is 17.6 Å². The summed E-state index contributed by atoms with van der Waals surface area (Å²) in [6.45, 7) is 1.35. The van der Waals surface area contributed by atoms with Crippen molar-refractivity contribution in [2.24, 2.45) is 0 Å². The van der Waals surface area contributed by atoms with Crippen LogP contribution in [0, 0.1) is 17.5 Å². The number of nitrogens with zero attached hydrogens (tertiary/aromatic N) is 1. The zero-order valence-corrected chi connectivity index (χ0v) is 16.5. The van der Waals surface area contributed by atoms with Gasteiger partial charge >= 0.3 is 0 Å². The molecule has 0 aliphatic heterocycles. The monoisotopic (exact) mass is 448 g/mol. The van der Waals surface area contributed by atoms with Crippen LogP contribution in [0.1, 0.15) is 18.6 Å². The average Bonchev–Trinajstić information content (AvgIpc) is 3.09. The zero-order valence-electron chi connectivity index (χ0n) is 14.1. The van der Waals surface area contributed by atoms with Crippen LogP contribution in [-0.4, -0.2) is 13.4 Å². The molecular formula is C17H12ClF3N2O3S2. The van der Waals surface area contributed by atoms with Gasteiger partial charge in [-0.1, -0.05) is 17.7 Å². The van der Waals surface area contributed by atoms with Gasteiger partial charge in [0.05, 0.1) is 10.6 Å². The van der Waals surface area contributed by atoms with Gasteiger partial charge < -0.3 is 4.74 Å². The number of hydrogen-bond donors (Lipinski definition) is 1. The first-order chi connectivity index (χ1) is 13.2. The van der Waals surface area contributed by atoms with Crippen molar-refractivity contribution in [3.8, 4) is 5.75 Å². The summed E-state index contributed by atoms with van der Waals surface area (Å²) in [5.41, 5.74) is -0.360. The highest BCUT2D eigenvalue weighted by atomic mass is 35.5. The number of nitrogens with one attached hydrogen (secondary N) is 1. The van der Waals surface area contributed by atoms with E-state index in [0.717, 1.165) is 35.6 Å². The van der Waals surface area contributed by atoms with Crippen LogP contribution in [0.15, 0.2) is 46.8 Å². The molecule has 0 radical (unpaired) electrons. The first kappa shape index (κ1) is 20.4. The number of aromatic nitrogens is 1. The minimum Gasteiger partial charge on any atom is -0.484 e. The largest absolute Gasteiger partial charge is 0.484 e. The highest BCUT2D eigenvalue weighted by molar-refractivity contribution is 7.93. The van der Waals surface area contributed by atoms with Gasteiger partial charge in [0.2, 0.25) is 0 Å². The van der Waals surface area contributed by atoms with E-state index in [2.05, 4.69) is 9.71 Å².